The summed E-state index contributed by atoms with van der Waals surface area (Å²) in [6.45, 7) is -0.189. The zero-order valence-corrected chi connectivity index (χ0v) is 19.2. The minimum absolute atomic E-state index is 0.0315. The molecule has 8 heteroatoms. The van der Waals surface area contributed by atoms with E-state index in [1.165, 1.54) is 7.05 Å². The van der Waals surface area contributed by atoms with Crippen molar-refractivity contribution in [2.24, 2.45) is 5.73 Å². The number of hydrogen-bond acceptors (Lipinski definition) is 5. The van der Waals surface area contributed by atoms with Crippen molar-refractivity contribution in [3.05, 3.63) is 89.5 Å². The number of nitrogens with zero attached hydrogens (tertiary/aromatic N) is 1. The molecule has 8 nitrogen and oxygen atoms in total. The molecule has 0 fully saturated rings. The van der Waals surface area contributed by atoms with Gasteiger partial charge in [0.1, 0.15) is 18.4 Å². The molecule has 0 unspecified atom stereocenters. The summed E-state index contributed by atoms with van der Waals surface area (Å²) in [5.41, 5.74) is 10.1. The molecule has 1 aliphatic rings. The van der Waals surface area contributed by atoms with E-state index in [-0.39, 0.29) is 25.6 Å². The molecule has 0 aromatic heterocycles. The third-order valence-electron chi connectivity index (χ3n) is 6.09. The average molecular weight is 475 g/mol. The highest BCUT2D eigenvalue weighted by atomic mass is 16.6. The van der Waals surface area contributed by atoms with Gasteiger partial charge < -0.3 is 20.3 Å². The second-order valence-corrected chi connectivity index (χ2v) is 8.38. The zero-order chi connectivity index (χ0) is 24.9. The van der Waals surface area contributed by atoms with Gasteiger partial charge in [-0.15, -0.1) is 0 Å². The minimum atomic E-state index is -1.16. The van der Waals surface area contributed by atoms with Crippen molar-refractivity contribution in [3.8, 4) is 16.9 Å². The quantitative estimate of drug-likeness (QED) is 0.490. The maximum Gasteiger partial charge on any atom is 0.410 e. The van der Waals surface area contributed by atoms with Crippen LogP contribution in [0.15, 0.2) is 72.8 Å². The second kappa shape index (κ2) is 10.3. The van der Waals surface area contributed by atoms with Gasteiger partial charge in [-0.1, -0.05) is 60.7 Å². The largest absolute Gasteiger partial charge is 0.484 e. The summed E-state index contributed by atoms with van der Waals surface area (Å²) in [5.74, 6) is -1.52. The average Bonchev–Trinajstić information content (AvgIpc) is 3.18. The number of ether oxygens (including phenoxy) is 2. The van der Waals surface area contributed by atoms with Gasteiger partial charge in [-0.05, 0) is 39.9 Å². The van der Waals surface area contributed by atoms with E-state index in [4.69, 9.17) is 15.2 Å². The highest BCUT2D eigenvalue weighted by molar-refractivity contribution is 5.81. The van der Waals surface area contributed by atoms with Crippen molar-refractivity contribution in [2.45, 2.75) is 18.4 Å². The predicted octanol–water partition coefficient (Wildman–Crippen LogP) is 3.43. The van der Waals surface area contributed by atoms with E-state index in [0.717, 1.165) is 27.2 Å². The van der Waals surface area contributed by atoms with Crippen molar-refractivity contribution in [3.63, 3.8) is 0 Å². The Hall–Kier alpha value is -4.33. The maximum absolute atomic E-state index is 12.9. The molecule has 3 aromatic rings. The highest BCUT2D eigenvalue weighted by Crippen LogP contribution is 2.44. The summed E-state index contributed by atoms with van der Waals surface area (Å²) in [5, 5.41) is 9.80. The SMILES string of the molecule is CN(C(=O)OCC1c2ccccc2-c2ccccc21)[C@@H](Cc1cccc(OCC(N)=O)c1)C(=O)O. The first-order valence-corrected chi connectivity index (χ1v) is 11.2. The van der Waals surface area contributed by atoms with Crippen LogP contribution >= 0.6 is 0 Å². The van der Waals surface area contributed by atoms with Gasteiger partial charge in [-0.3, -0.25) is 9.69 Å². The van der Waals surface area contributed by atoms with Crippen molar-refractivity contribution >= 4 is 18.0 Å². The lowest BCUT2D eigenvalue weighted by Gasteiger charge is -2.25. The Kier molecular flexibility index (Phi) is 7.01. The minimum Gasteiger partial charge on any atom is -0.484 e. The molecule has 35 heavy (non-hydrogen) atoms. The number of hydrogen-bond donors (Lipinski definition) is 2. The first kappa shape index (κ1) is 23.8. The van der Waals surface area contributed by atoms with Crippen LogP contribution in [-0.2, 0) is 20.7 Å². The standard InChI is InChI=1S/C27H26N2O6/c1-29(24(26(31)32)14-17-7-6-8-18(13-17)34-16-25(28)30)27(33)35-15-23-21-11-4-2-9-19(21)20-10-3-5-12-22(20)23/h2-13,23-24H,14-16H2,1H3,(H2,28,30)(H,31,32)/t24-/m0/s1. The summed E-state index contributed by atoms with van der Waals surface area (Å²) < 4.78 is 10.9. The summed E-state index contributed by atoms with van der Waals surface area (Å²) in [4.78, 5) is 36.9. The number of rotatable bonds is 9. The monoisotopic (exact) mass is 474 g/mol. The van der Waals surface area contributed by atoms with Gasteiger partial charge in [-0.25, -0.2) is 9.59 Å². The molecule has 3 aromatic carbocycles. The van der Waals surface area contributed by atoms with E-state index in [0.29, 0.717) is 11.3 Å². The molecule has 0 saturated heterocycles. The van der Waals surface area contributed by atoms with Crippen molar-refractivity contribution in [1.82, 2.24) is 4.90 Å². The van der Waals surface area contributed by atoms with E-state index in [1.54, 1.807) is 24.3 Å². The molecule has 0 heterocycles. The van der Waals surface area contributed by atoms with E-state index >= 15 is 0 Å². The zero-order valence-electron chi connectivity index (χ0n) is 19.2. The number of benzene rings is 3. The fourth-order valence-electron chi connectivity index (χ4n) is 4.35. The Bertz CT molecular complexity index is 1210. The molecular weight excluding hydrogens is 448 g/mol. The molecule has 1 aliphatic carbocycles. The van der Waals surface area contributed by atoms with Crippen LogP contribution in [0.25, 0.3) is 11.1 Å². The Balaban J connectivity index is 1.44. The summed E-state index contributed by atoms with van der Waals surface area (Å²) in [6.07, 6.45) is -0.690. The van der Waals surface area contributed by atoms with Gasteiger partial charge >= 0.3 is 12.1 Å². The summed E-state index contributed by atoms with van der Waals surface area (Å²) >= 11 is 0. The Labute approximate surface area is 202 Å². The lowest BCUT2D eigenvalue weighted by Crippen LogP contribution is -2.44. The third kappa shape index (κ3) is 5.27. The van der Waals surface area contributed by atoms with Crippen LogP contribution in [0.1, 0.15) is 22.6 Å². The maximum atomic E-state index is 12.9. The molecule has 2 amide bonds. The van der Waals surface area contributed by atoms with Crippen LogP contribution < -0.4 is 10.5 Å². The van der Waals surface area contributed by atoms with E-state index < -0.39 is 24.0 Å². The van der Waals surface area contributed by atoms with E-state index in [9.17, 15) is 19.5 Å². The normalized spacial score (nSPS) is 12.8. The lowest BCUT2D eigenvalue weighted by atomic mass is 9.98. The molecular formula is C27H26N2O6. The van der Waals surface area contributed by atoms with Gasteiger partial charge in [0.05, 0.1) is 0 Å². The van der Waals surface area contributed by atoms with Gasteiger partial charge in [0.15, 0.2) is 6.61 Å². The topological polar surface area (TPSA) is 119 Å². The fraction of sp³-hybridized carbons (Fsp3) is 0.222. The summed E-state index contributed by atoms with van der Waals surface area (Å²) in [6, 6.07) is 21.5. The van der Waals surface area contributed by atoms with Crippen LogP contribution in [0.4, 0.5) is 4.79 Å². The number of aliphatic carboxylic acids is 1. The molecule has 0 bridgehead atoms. The van der Waals surface area contributed by atoms with E-state index in [1.807, 2.05) is 48.5 Å². The number of amides is 2. The number of likely N-dealkylation sites (N-methyl/N-ethyl adjacent to an activating group) is 1. The number of carbonyl (C=O) groups excluding carboxylic acids is 2. The molecule has 0 radical (unpaired) electrons. The first-order chi connectivity index (χ1) is 16.8. The predicted molar refractivity (Wildman–Crippen MR) is 129 cm³/mol. The highest BCUT2D eigenvalue weighted by Gasteiger charge is 2.32. The lowest BCUT2D eigenvalue weighted by molar-refractivity contribution is -0.142. The molecule has 1 atom stereocenters. The smallest absolute Gasteiger partial charge is 0.410 e. The molecule has 3 N–H and O–H groups in total. The number of primary amides is 1. The van der Waals surface area contributed by atoms with Crippen molar-refractivity contribution in [2.75, 3.05) is 20.3 Å². The van der Waals surface area contributed by atoms with Crippen LogP contribution in [0.3, 0.4) is 0 Å². The van der Waals surface area contributed by atoms with Gasteiger partial charge in [0.25, 0.3) is 5.91 Å². The van der Waals surface area contributed by atoms with Gasteiger partial charge in [0.2, 0.25) is 0 Å². The number of carbonyl (C=O) groups is 3. The fourth-order valence-corrected chi connectivity index (χ4v) is 4.35. The molecule has 0 spiro atoms. The van der Waals surface area contributed by atoms with E-state index in [2.05, 4.69) is 0 Å². The second-order valence-electron chi connectivity index (χ2n) is 8.38. The van der Waals surface area contributed by atoms with Crippen molar-refractivity contribution in [1.29, 1.82) is 0 Å². The molecule has 0 aliphatic heterocycles. The molecule has 0 saturated carbocycles. The Morgan fingerprint density at radius 3 is 2.20 bits per heavy atom. The van der Waals surface area contributed by atoms with Crippen LogP contribution in [0.2, 0.25) is 0 Å². The molecule has 4 rings (SSSR count). The molecule has 180 valence electrons. The Morgan fingerprint density at radius 2 is 1.60 bits per heavy atom. The number of fused-ring (bicyclic) bond motifs is 3. The van der Waals surface area contributed by atoms with Gasteiger partial charge in [-0.2, -0.15) is 0 Å². The third-order valence-corrected chi connectivity index (χ3v) is 6.09. The first-order valence-electron chi connectivity index (χ1n) is 11.2. The van der Waals surface area contributed by atoms with Crippen LogP contribution in [-0.4, -0.2) is 54.3 Å². The number of nitrogens with two attached hydrogens (primary N) is 1. The Morgan fingerprint density at radius 1 is 0.971 bits per heavy atom. The number of carboxylic acid groups (broad SMARTS) is 1. The number of carboxylic acids is 1. The van der Waals surface area contributed by atoms with Gasteiger partial charge in [0, 0.05) is 19.4 Å². The van der Waals surface area contributed by atoms with Crippen molar-refractivity contribution < 1.29 is 29.0 Å². The van der Waals surface area contributed by atoms with Crippen LogP contribution in [0.5, 0.6) is 5.75 Å². The summed E-state index contributed by atoms with van der Waals surface area (Å²) in [7, 11) is 1.41. The van der Waals surface area contributed by atoms with Crippen LogP contribution in [0, 0.1) is 0 Å².